The number of rotatable bonds is 1. The second kappa shape index (κ2) is 8.62. The zero-order valence-electron chi connectivity index (χ0n) is 24.9. The molecule has 2 aliphatic carbocycles. The summed E-state index contributed by atoms with van der Waals surface area (Å²) in [5.74, 6) is 1.83. The first-order valence-electron chi connectivity index (χ1n) is 16.0. The van der Waals surface area contributed by atoms with Crippen molar-refractivity contribution in [3.8, 4) is 56.0 Å². The van der Waals surface area contributed by atoms with Crippen molar-refractivity contribution in [1.82, 2.24) is 0 Å². The van der Waals surface area contributed by atoms with Gasteiger partial charge in [-0.15, -0.1) is 0 Å². The molecule has 8 aromatic rings. The molecule has 0 N–H and O–H groups in total. The zero-order chi connectivity index (χ0) is 30.0. The molecule has 3 aliphatic rings. The topological polar surface area (TPSA) is 9.23 Å². The summed E-state index contributed by atoms with van der Waals surface area (Å²) < 4.78 is 6.45. The quantitative estimate of drug-likeness (QED) is 0.187. The van der Waals surface area contributed by atoms with Crippen LogP contribution >= 0.6 is 0 Å². The maximum atomic E-state index is 6.45. The fraction of sp³-hybridized carbons (Fsp3) is 0.0222. The van der Waals surface area contributed by atoms with Gasteiger partial charge in [0.15, 0.2) is 0 Å². The lowest BCUT2D eigenvalue weighted by molar-refractivity contribution is 0.487. The predicted octanol–water partition coefficient (Wildman–Crippen LogP) is 11.8. The van der Waals surface area contributed by atoms with E-state index in [9.17, 15) is 0 Å². The second-order valence-electron chi connectivity index (χ2n) is 12.8. The van der Waals surface area contributed by atoms with Gasteiger partial charge in [0.1, 0.15) is 11.5 Å². The first-order chi connectivity index (χ1) is 22.8. The normalized spacial score (nSPS) is 16.1. The van der Waals surface area contributed by atoms with Crippen molar-refractivity contribution < 1.29 is 4.74 Å². The molecular weight excluding hydrogens is 556 g/mol. The van der Waals surface area contributed by atoms with Crippen LogP contribution in [0.4, 0.5) is 0 Å². The second-order valence-corrected chi connectivity index (χ2v) is 12.8. The molecular formula is C45H26O. The van der Waals surface area contributed by atoms with Crippen LogP contribution in [0.2, 0.25) is 0 Å². The average Bonchev–Trinajstić information content (AvgIpc) is 3.57. The summed E-state index contributed by atoms with van der Waals surface area (Å²) in [6.07, 6.45) is 0. The van der Waals surface area contributed by atoms with E-state index in [-0.39, 0.29) is 0 Å². The number of hydrogen-bond acceptors (Lipinski definition) is 1. The van der Waals surface area contributed by atoms with Crippen molar-refractivity contribution in [2.75, 3.05) is 0 Å². The largest absolute Gasteiger partial charge is 0.456 e. The van der Waals surface area contributed by atoms with Crippen LogP contribution in [0.15, 0.2) is 158 Å². The minimum Gasteiger partial charge on any atom is -0.456 e. The molecule has 0 fully saturated rings. The van der Waals surface area contributed by atoms with Gasteiger partial charge in [-0.2, -0.15) is 0 Å². The first-order valence-corrected chi connectivity index (χ1v) is 16.0. The maximum Gasteiger partial charge on any atom is 0.135 e. The molecule has 0 saturated carbocycles. The Bertz CT molecular complexity index is 2630. The van der Waals surface area contributed by atoms with Crippen LogP contribution in [0, 0.1) is 0 Å². The third-order valence-electron chi connectivity index (χ3n) is 10.7. The minimum atomic E-state index is -0.405. The Hall–Kier alpha value is -5.92. The highest BCUT2D eigenvalue weighted by molar-refractivity contribution is 6.10. The van der Waals surface area contributed by atoms with Crippen LogP contribution < -0.4 is 4.74 Å². The van der Waals surface area contributed by atoms with E-state index in [0.717, 1.165) is 17.1 Å². The van der Waals surface area contributed by atoms with Crippen LogP contribution in [0.5, 0.6) is 11.5 Å². The fourth-order valence-corrected chi connectivity index (χ4v) is 8.82. The number of benzene rings is 8. The number of fused-ring (bicyclic) bond motifs is 13. The summed E-state index contributed by atoms with van der Waals surface area (Å²) in [5.41, 5.74) is 15.2. The molecule has 8 aromatic carbocycles. The number of hydrogen-bond donors (Lipinski definition) is 0. The molecule has 1 aliphatic heterocycles. The number of para-hydroxylation sites is 1. The maximum absolute atomic E-state index is 6.45. The molecule has 212 valence electrons. The Labute approximate surface area is 267 Å². The van der Waals surface area contributed by atoms with E-state index in [1.807, 2.05) is 0 Å². The van der Waals surface area contributed by atoms with E-state index in [1.54, 1.807) is 0 Å². The van der Waals surface area contributed by atoms with Crippen LogP contribution in [0.25, 0.3) is 66.1 Å². The monoisotopic (exact) mass is 582 g/mol. The molecule has 1 spiro atoms. The van der Waals surface area contributed by atoms with E-state index < -0.39 is 5.41 Å². The highest BCUT2D eigenvalue weighted by Gasteiger charge is 2.51. The highest BCUT2D eigenvalue weighted by Crippen LogP contribution is 2.64. The van der Waals surface area contributed by atoms with Crippen molar-refractivity contribution in [2.24, 2.45) is 0 Å². The first kappa shape index (κ1) is 24.4. The molecule has 46 heavy (non-hydrogen) atoms. The van der Waals surface area contributed by atoms with Gasteiger partial charge in [0, 0.05) is 16.5 Å². The molecule has 0 radical (unpaired) electrons. The van der Waals surface area contributed by atoms with E-state index in [1.165, 1.54) is 82.7 Å². The van der Waals surface area contributed by atoms with E-state index in [0.29, 0.717) is 0 Å². The summed E-state index contributed by atoms with van der Waals surface area (Å²) in [6.45, 7) is 0. The summed E-state index contributed by atoms with van der Waals surface area (Å²) >= 11 is 0. The van der Waals surface area contributed by atoms with Gasteiger partial charge in [0.2, 0.25) is 0 Å². The minimum absolute atomic E-state index is 0.405. The Kier molecular flexibility index (Phi) is 4.57. The summed E-state index contributed by atoms with van der Waals surface area (Å²) in [6, 6.07) is 58.4. The van der Waals surface area contributed by atoms with E-state index in [2.05, 4.69) is 158 Å². The van der Waals surface area contributed by atoms with Crippen molar-refractivity contribution in [2.45, 2.75) is 5.41 Å². The van der Waals surface area contributed by atoms with Gasteiger partial charge in [-0.25, -0.2) is 0 Å². The molecule has 0 amide bonds. The summed E-state index contributed by atoms with van der Waals surface area (Å²) in [5, 5.41) is 4.93. The molecule has 11 rings (SSSR count). The summed E-state index contributed by atoms with van der Waals surface area (Å²) in [7, 11) is 0. The van der Waals surface area contributed by atoms with E-state index in [4.69, 9.17) is 4.74 Å². The molecule has 1 unspecified atom stereocenters. The van der Waals surface area contributed by atoms with Gasteiger partial charge in [-0.05, 0) is 102 Å². The molecule has 0 aromatic heterocycles. The van der Waals surface area contributed by atoms with Crippen LogP contribution in [-0.2, 0) is 5.41 Å². The lowest BCUT2D eigenvalue weighted by Gasteiger charge is -2.31. The lowest BCUT2D eigenvalue weighted by Crippen LogP contribution is -2.25. The van der Waals surface area contributed by atoms with Crippen molar-refractivity contribution in [3.63, 3.8) is 0 Å². The van der Waals surface area contributed by atoms with Crippen LogP contribution in [0.3, 0.4) is 0 Å². The van der Waals surface area contributed by atoms with E-state index >= 15 is 0 Å². The SMILES string of the molecule is c1ccc2c(c1)Oc1cccc3ccc(-c4ccc5c(c4)C4(c6ccccc6-5)c5ccccc5-c5cc6ccccc6cc54)c-2c13. The van der Waals surface area contributed by atoms with Crippen molar-refractivity contribution in [1.29, 1.82) is 0 Å². The molecule has 0 bridgehead atoms. The zero-order valence-corrected chi connectivity index (χ0v) is 24.9. The molecule has 1 atom stereocenters. The van der Waals surface area contributed by atoms with Crippen LogP contribution in [0.1, 0.15) is 22.3 Å². The molecule has 1 nitrogen and oxygen atoms in total. The lowest BCUT2D eigenvalue weighted by atomic mass is 9.70. The Morgan fingerprint density at radius 2 is 0.935 bits per heavy atom. The Morgan fingerprint density at radius 3 is 1.76 bits per heavy atom. The number of ether oxygens (including phenoxy) is 1. The van der Waals surface area contributed by atoms with Gasteiger partial charge in [0.25, 0.3) is 0 Å². The fourth-order valence-electron chi connectivity index (χ4n) is 8.82. The molecule has 1 heteroatoms. The third-order valence-corrected chi connectivity index (χ3v) is 10.7. The van der Waals surface area contributed by atoms with Gasteiger partial charge < -0.3 is 4.74 Å². The summed E-state index contributed by atoms with van der Waals surface area (Å²) in [4.78, 5) is 0. The van der Waals surface area contributed by atoms with Crippen molar-refractivity contribution in [3.05, 3.63) is 180 Å². The Balaban J connectivity index is 1.26. The standard InChI is InChI=1S/C45H26O/c1-2-11-29-25-40-36(24-28(29)10-1)33-14-4-7-17-38(33)45(40)37-16-6-3-13-32(37)34-23-21-30(26-39(34)45)31-22-20-27-12-9-19-42-43(27)44(31)35-15-5-8-18-41(35)46-42/h1-26H. The Morgan fingerprint density at radius 1 is 0.348 bits per heavy atom. The van der Waals surface area contributed by atoms with Crippen LogP contribution in [-0.4, -0.2) is 0 Å². The van der Waals surface area contributed by atoms with Gasteiger partial charge in [-0.3, -0.25) is 0 Å². The molecule has 0 saturated heterocycles. The van der Waals surface area contributed by atoms with Gasteiger partial charge >= 0.3 is 0 Å². The van der Waals surface area contributed by atoms with Crippen molar-refractivity contribution >= 4 is 21.5 Å². The highest BCUT2D eigenvalue weighted by atomic mass is 16.5. The smallest absolute Gasteiger partial charge is 0.135 e. The predicted molar refractivity (Wildman–Crippen MR) is 189 cm³/mol. The third kappa shape index (κ3) is 2.91. The average molecular weight is 583 g/mol. The van der Waals surface area contributed by atoms with Gasteiger partial charge in [-0.1, -0.05) is 127 Å². The molecule has 1 heterocycles. The van der Waals surface area contributed by atoms with Gasteiger partial charge in [0.05, 0.1) is 5.41 Å².